The zero-order chi connectivity index (χ0) is 19.7. The van der Waals surface area contributed by atoms with Crippen LogP contribution in [0.2, 0.25) is 10.0 Å². The third-order valence-corrected chi connectivity index (χ3v) is 5.65. The van der Waals surface area contributed by atoms with E-state index in [1.807, 2.05) is 30.4 Å². The van der Waals surface area contributed by atoms with Crippen LogP contribution in [-0.4, -0.2) is 22.8 Å². The first-order valence-corrected chi connectivity index (χ1v) is 9.86. The average molecular weight is 429 g/mol. The molecule has 0 bridgehead atoms. The first kappa shape index (κ1) is 18.7. The van der Waals surface area contributed by atoms with E-state index in [9.17, 15) is 5.11 Å². The summed E-state index contributed by atoms with van der Waals surface area (Å²) in [6.07, 6.45) is 5.46. The summed E-state index contributed by atoms with van der Waals surface area (Å²) in [6.45, 7) is 0. The van der Waals surface area contributed by atoms with Crippen LogP contribution in [0.15, 0.2) is 58.7 Å². The third-order valence-electron chi connectivity index (χ3n) is 4.11. The Kier molecular flexibility index (Phi) is 5.17. The molecule has 28 heavy (non-hydrogen) atoms. The lowest BCUT2D eigenvalue weighted by molar-refractivity contribution is 0.457. The number of aliphatic imine (C=N–C) groups is 1. The van der Waals surface area contributed by atoms with Crippen LogP contribution in [0, 0.1) is 0 Å². The number of aromatic hydroxyl groups is 1. The highest BCUT2D eigenvalue weighted by Crippen LogP contribution is 2.36. The van der Waals surface area contributed by atoms with Crippen LogP contribution in [-0.2, 0) is 0 Å². The minimum atomic E-state index is -0.0673. The van der Waals surface area contributed by atoms with Crippen molar-refractivity contribution < 1.29 is 5.11 Å². The molecule has 4 rings (SSSR count). The third kappa shape index (κ3) is 3.67. The average Bonchev–Trinajstić information content (AvgIpc) is 3.03. The van der Waals surface area contributed by atoms with E-state index in [0.29, 0.717) is 25.7 Å². The summed E-state index contributed by atoms with van der Waals surface area (Å²) < 4.78 is 0. The Morgan fingerprint density at radius 3 is 2.71 bits per heavy atom. The molecule has 1 aliphatic heterocycles. The zero-order valence-electron chi connectivity index (χ0n) is 14.6. The first-order chi connectivity index (χ1) is 13.5. The van der Waals surface area contributed by atoms with Crippen LogP contribution in [0.4, 0.5) is 10.8 Å². The molecule has 0 unspecified atom stereocenters. The highest BCUT2D eigenvalue weighted by molar-refractivity contribution is 7.16. The number of allylic oxidation sites excluding steroid dienone is 1. The molecule has 1 aliphatic rings. The van der Waals surface area contributed by atoms with Crippen molar-refractivity contribution >= 4 is 57.1 Å². The molecule has 3 aromatic rings. The fourth-order valence-corrected chi connectivity index (χ4v) is 4.10. The van der Waals surface area contributed by atoms with Gasteiger partial charge in [0.1, 0.15) is 0 Å². The fourth-order valence-electron chi connectivity index (χ4n) is 2.78. The number of fused-ring (bicyclic) bond motifs is 1. The minimum absolute atomic E-state index is 0.0673. The first-order valence-electron chi connectivity index (χ1n) is 8.29. The zero-order valence-corrected chi connectivity index (χ0v) is 17.0. The molecule has 0 atom stereocenters. The Labute approximate surface area is 175 Å². The monoisotopic (exact) mass is 428 g/mol. The van der Waals surface area contributed by atoms with Crippen molar-refractivity contribution in [2.45, 2.75) is 0 Å². The number of anilines is 2. The molecule has 0 radical (unpaired) electrons. The van der Waals surface area contributed by atoms with E-state index in [1.165, 1.54) is 11.3 Å². The second-order valence-corrected chi connectivity index (χ2v) is 7.75. The maximum atomic E-state index is 10.3. The number of halogens is 2. The van der Waals surface area contributed by atoms with E-state index in [0.717, 1.165) is 21.9 Å². The Morgan fingerprint density at radius 1 is 1.18 bits per heavy atom. The highest BCUT2D eigenvalue weighted by atomic mass is 35.5. The van der Waals surface area contributed by atoms with Gasteiger partial charge in [0.15, 0.2) is 5.13 Å². The molecule has 0 spiro atoms. The summed E-state index contributed by atoms with van der Waals surface area (Å²) in [5.74, 6) is -0.0673. The van der Waals surface area contributed by atoms with Gasteiger partial charge in [0, 0.05) is 18.8 Å². The Hall–Kier alpha value is -2.67. The largest absolute Gasteiger partial charge is 0.492 e. The summed E-state index contributed by atoms with van der Waals surface area (Å²) in [4.78, 5) is 13.4. The Balaban J connectivity index is 1.71. The lowest BCUT2D eigenvalue weighted by Gasteiger charge is -2.06. The SMILES string of the molecule is CN=C1C=CN=c2ccc(=Cc3sc(Nc4c(Cl)cccc4Cl)nc3O)cc21. The van der Waals surface area contributed by atoms with Crippen LogP contribution in [0.1, 0.15) is 10.4 Å². The van der Waals surface area contributed by atoms with Crippen molar-refractivity contribution in [1.29, 1.82) is 0 Å². The predicted molar refractivity (Wildman–Crippen MR) is 116 cm³/mol. The summed E-state index contributed by atoms with van der Waals surface area (Å²) in [5.41, 5.74) is 2.37. The molecule has 140 valence electrons. The topological polar surface area (TPSA) is 69.9 Å². The van der Waals surface area contributed by atoms with Gasteiger partial charge in [-0.05, 0) is 41.6 Å². The smallest absolute Gasteiger partial charge is 0.231 e. The quantitative estimate of drug-likeness (QED) is 0.653. The molecule has 0 saturated heterocycles. The number of rotatable bonds is 3. The van der Waals surface area contributed by atoms with E-state index >= 15 is 0 Å². The number of aromatic nitrogens is 1. The molecule has 0 saturated carbocycles. The maximum Gasteiger partial charge on any atom is 0.231 e. The number of para-hydroxylation sites is 1. The van der Waals surface area contributed by atoms with Crippen molar-refractivity contribution in [3.8, 4) is 5.88 Å². The minimum Gasteiger partial charge on any atom is -0.492 e. The number of thiazole rings is 1. The van der Waals surface area contributed by atoms with Gasteiger partial charge < -0.3 is 10.4 Å². The number of hydrogen-bond acceptors (Lipinski definition) is 6. The summed E-state index contributed by atoms with van der Waals surface area (Å²) in [6, 6.07) is 11.1. The van der Waals surface area contributed by atoms with Gasteiger partial charge in [-0.3, -0.25) is 9.98 Å². The second kappa shape index (κ2) is 7.75. The molecule has 8 heteroatoms. The van der Waals surface area contributed by atoms with Crippen LogP contribution < -0.4 is 15.9 Å². The normalized spacial score (nSPS) is 14.8. The second-order valence-electron chi connectivity index (χ2n) is 5.90. The van der Waals surface area contributed by atoms with Crippen LogP contribution in [0.5, 0.6) is 5.88 Å². The summed E-state index contributed by atoms with van der Waals surface area (Å²) in [7, 11) is 1.75. The van der Waals surface area contributed by atoms with Gasteiger partial charge >= 0.3 is 0 Å². The molecule has 2 heterocycles. The van der Waals surface area contributed by atoms with Crippen LogP contribution in [0.25, 0.3) is 6.08 Å². The van der Waals surface area contributed by atoms with Gasteiger partial charge in [0.05, 0.1) is 31.7 Å². The molecule has 2 aromatic carbocycles. The van der Waals surface area contributed by atoms with Crippen molar-refractivity contribution in [3.05, 3.63) is 79.7 Å². The molecular formula is C20H14Cl2N4OS. The molecule has 2 N–H and O–H groups in total. The van der Waals surface area contributed by atoms with Gasteiger partial charge in [-0.1, -0.05) is 46.7 Å². The van der Waals surface area contributed by atoms with E-state index in [1.54, 1.807) is 31.4 Å². The van der Waals surface area contributed by atoms with Crippen molar-refractivity contribution in [2.75, 3.05) is 12.4 Å². The van der Waals surface area contributed by atoms with Gasteiger partial charge in [-0.25, -0.2) is 0 Å². The van der Waals surface area contributed by atoms with E-state index in [2.05, 4.69) is 20.3 Å². The molecule has 5 nitrogen and oxygen atoms in total. The maximum absolute atomic E-state index is 10.3. The molecule has 0 aliphatic carbocycles. The highest BCUT2D eigenvalue weighted by Gasteiger charge is 2.12. The Bertz CT molecular complexity index is 1230. The van der Waals surface area contributed by atoms with Gasteiger partial charge in [0.2, 0.25) is 5.88 Å². The van der Waals surface area contributed by atoms with Gasteiger partial charge in [0.25, 0.3) is 0 Å². The van der Waals surface area contributed by atoms with Crippen molar-refractivity contribution in [3.63, 3.8) is 0 Å². The van der Waals surface area contributed by atoms with Crippen molar-refractivity contribution in [1.82, 2.24) is 4.98 Å². The molecular weight excluding hydrogens is 415 g/mol. The van der Waals surface area contributed by atoms with E-state index < -0.39 is 0 Å². The number of nitrogens with one attached hydrogen (secondary N) is 1. The van der Waals surface area contributed by atoms with E-state index in [-0.39, 0.29) is 5.88 Å². The van der Waals surface area contributed by atoms with E-state index in [4.69, 9.17) is 23.2 Å². The number of nitrogens with zero attached hydrogens (tertiary/aromatic N) is 3. The van der Waals surface area contributed by atoms with Crippen molar-refractivity contribution in [2.24, 2.45) is 9.98 Å². The molecule has 0 amide bonds. The predicted octanol–water partition coefficient (Wildman–Crippen LogP) is 4.29. The standard InChI is InChI=1S/C20H14Cl2N4OS/c1-23-15-7-8-24-16-6-5-11(9-12(15)16)10-17-19(27)26-20(28-17)25-18-13(21)3-2-4-14(18)22/h2-10,27H,1H3,(H,25,26). The van der Waals surface area contributed by atoms with Crippen LogP contribution >= 0.6 is 34.5 Å². The molecule has 0 fully saturated rings. The van der Waals surface area contributed by atoms with Crippen LogP contribution in [0.3, 0.4) is 0 Å². The summed E-state index contributed by atoms with van der Waals surface area (Å²) >= 11 is 13.7. The lowest BCUT2D eigenvalue weighted by atomic mass is 10.1. The summed E-state index contributed by atoms with van der Waals surface area (Å²) in [5, 5.41) is 16.5. The van der Waals surface area contributed by atoms with Gasteiger partial charge in [-0.15, -0.1) is 0 Å². The number of hydrogen-bond donors (Lipinski definition) is 2. The number of benzene rings is 2. The Morgan fingerprint density at radius 2 is 1.96 bits per heavy atom. The molecule has 1 aromatic heterocycles. The fraction of sp³-hybridized carbons (Fsp3) is 0.0500. The van der Waals surface area contributed by atoms with Gasteiger partial charge in [-0.2, -0.15) is 4.98 Å². The lowest BCUT2D eigenvalue weighted by Crippen LogP contribution is -2.21.